The van der Waals surface area contributed by atoms with Crippen molar-refractivity contribution in [2.24, 2.45) is 7.05 Å². The van der Waals surface area contributed by atoms with Crippen molar-refractivity contribution >= 4 is 28.5 Å². The number of hydrogen-bond acceptors (Lipinski definition) is 4. The molecule has 2 amide bonds. The van der Waals surface area contributed by atoms with Gasteiger partial charge in [-0.25, -0.2) is 4.98 Å². The number of para-hydroxylation sites is 1. The Bertz CT molecular complexity index is 1150. The zero-order valence-corrected chi connectivity index (χ0v) is 17.1. The van der Waals surface area contributed by atoms with Crippen LogP contribution in [0.15, 0.2) is 42.5 Å². The van der Waals surface area contributed by atoms with Gasteiger partial charge in [-0.1, -0.05) is 18.2 Å². The topological polar surface area (TPSA) is 76.5 Å². The molecule has 2 unspecified atom stereocenters. The molecular weight excluding hydrogens is 380 g/mol. The maximum atomic E-state index is 13.5. The molecule has 1 fully saturated rings. The van der Waals surface area contributed by atoms with Gasteiger partial charge in [0.05, 0.1) is 23.7 Å². The summed E-state index contributed by atoms with van der Waals surface area (Å²) in [4.78, 5) is 31.5. The van der Waals surface area contributed by atoms with Gasteiger partial charge < -0.3 is 19.5 Å². The molecule has 3 aromatic rings. The number of morpholine rings is 1. The predicted molar refractivity (Wildman–Crippen MR) is 114 cm³/mol. The van der Waals surface area contributed by atoms with Crippen LogP contribution in [0, 0.1) is 6.92 Å². The molecule has 3 heterocycles. The highest BCUT2D eigenvalue weighted by atomic mass is 16.5. The van der Waals surface area contributed by atoms with Crippen LogP contribution >= 0.6 is 0 Å². The van der Waals surface area contributed by atoms with Gasteiger partial charge in [-0.3, -0.25) is 9.59 Å². The largest absolute Gasteiger partial charge is 0.370 e. The van der Waals surface area contributed by atoms with E-state index in [0.717, 1.165) is 34.5 Å². The van der Waals surface area contributed by atoms with Crippen molar-refractivity contribution in [3.05, 3.63) is 59.4 Å². The summed E-state index contributed by atoms with van der Waals surface area (Å²) in [7, 11) is 1.96. The molecule has 5 rings (SSSR count). The van der Waals surface area contributed by atoms with Crippen molar-refractivity contribution in [2.75, 3.05) is 24.7 Å². The van der Waals surface area contributed by atoms with E-state index in [1.165, 1.54) is 0 Å². The molecule has 1 N–H and O–H groups in total. The lowest BCUT2D eigenvalue weighted by Gasteiger charge is -2.26. The molecule has 1 saturated heterocycles. The summed E-state index contributed by atoms with van der Waals surface area (Å²) in [6, 6.07) is 13.7. The first-order valence-corrected chi connectivity index (χ1v) is 10.2. The number of hydrogen-bond donors (Lipinski definition) is 1. The Morgan fingerprint density at radius 1 is 1.27 bits per heavy atom. The first-order valence-electron chi connectivity index (χ1n) is 10.2. The molecule has 1 aromatic heterocycles. The van der Waals surface area contributed by atoms with Gasteiger partial charge in [0.25, 0.3) is 5.91 Å². The number of aromatic nitrogens is 2. The van der Waals surface area contributed by atoms with Gasteiger partial charge in [0.1, 0.15) is 12.4 Å². The number of carbonyl (C=O) groups excluding carboxylic acids is 2. The van der Waals surface area contributed by atoms with E-state index in [1.807, 2.05) is 59.8 Å². The lowest BCUT2D eigenvalue weighted by atomic mass is 9.94. The number of rotatable bonds is 3. The Balaban J connectivity index is 1.43. The second kappa shape index (κ2) is 7.25. The molecule has 30 heavy (non-hydrogen) atoms. The van der Waals surface area contributed by atoms with Crippen LogP contribution in [0.2, 0.25) is 0 Å². The summed E-state index contributed by atoms with van der Waals surface area (Å²) in [6.45, 7) is 3.18. The van der Waals surface area contributed by atoms with Crippen LogP contribution in [-0.4, -0.2) is 47.2 Å². The molecule has 0 aliphatic carbocycles. The molecule has 154 valence electrons. The number of aryl methyl sites for hydroxylation is 2. The van der Waals surface area contributed by atoms with Crippen LogP contribution in [0.4, 0.5) is 5.69 Å². The molecule has 2 aliphatic rings. The van der Waals surface area contributed by atoms with Crippen LogP contribution in [0.5, 0.6) is 0 Å². The lowest BCUT2D eigenvalue weighted by molar-refractivity contribution is -0.131. The number of nitrogens with one attached hydrogen (secondary N) is 1. The SMILES string of the molecule is Cc1nc2ccc(C(=O)N3CC(CC4COCC(=O)N4)c4ccccc43)cc2n1C. The van der Waals surface area contributed by atoms with Crippen LogP contribution in [0.25, 0.3) is 11.0 Å². The zero-order valence-electron chi connectivity index (χ0n) is 17.1. The monoisotopic (exact) mass is 404 g/mol. The average molecular weight is 404 g/mol. The van der Waals surface area contributed by atoms with Crippen molar-refractivity contribution < 1.29 is 14.3 Å². The van der Waals surface area contributed by atoms with E-state index in [-0.39, 0.29) is 30.4 Å². The van der Waals surface area contributed by atoms with Crippen molar-refractivity contribution in [3.8, 4) is 0 Å². The van der Waals surface area contributed by atoms with Gasteiger partial charge >= 0.3 is 0 Å². The number of anilines is 1. The first-order chi connectivity index (χ1) is 14.5. The fourth-order valence-corrected chi connectivity index (χ4v) is 4.56. The van der Waals surface area contributed by atoms with Gasteiger partial charge in [-0.15, -0.1) is 0 Å². The third-order valence-corrected chi connectivity index (χ3v) is 6.15. The minimum atomic E-state index is -0.0785. The maximum Gasteiger partial charge on any atom is 0.258 e. The highest BCUT2D eigenvalue weighted by Crippen LogP contribution is 2.39. The van der Waals surface area contributed by atoms with Gasteiger partial charge in [-0.2, -0.15) is 0 Å². The Morgan fingerprint density at radius 2 is 2.10 bits per heavy atom. The first kappa shape index (κ1) is 18.8. The van der Waals surface area contributed by atoms with E-state index >= 15 is 0 Å². The highest BCUT2D eigenvalue weighted by molar-refractivity contribution is 6.08. The van der Waals surface area contributed by atoms with E-state index in [4.69, 9.17) is 4.74 Å². The summed E-state index contributed by atoms with van der Waals surface area (Å²) >= 11 is 0. The molecule has 0 saturated carbocycles. The quantitative estimate of drug-likeness (QED) is 0.728. The average Bonchev–Trinajstić information content (AvgIpc) is 3.25. The molecular formula is C23H24N4O3. The van der Waals surface area contributed by atoms with Crippen LogP contribution in [0.3, 0.4) is 0 Å². The molecule has 0 radical (unpaired) electrons. The molecule has 0 spiro atoms. The van der Waals surface area contributed by atoms with Gasteiger partial charge in [0, 0.05) is 30.8 Å². The normalized spacial score (nSPS) is 21.0. The number of fused-ring (bicyclic) bond motifs is 2. The van der Waals surface area contributed by atoms with Crippen molar-refractivity contribution in [1.82, 2.24) is 14.9 Å². The maximum absolute atomic E-state index is 13.5. The Hall–Kier alpha value is -3.19. The van der Waals surface area contributed by atoms with Crippen LogP contribution in [0.1, 0.15) is 34.1 Å². The van der Waals surface area contributed by atoms with E-state index < -0.39 is 0 Å². The second-order valence-electron chi connectivity index (χ2n) is 8.11. The Kier molecular flexibility index (Phi) is 4.55. The highest BCUT2D eigenvalue weighted by Gasteiger charge is 2.35. The van der Waals surface area contributed by atoms with E-state index in [0.29, 0.717) is 18.7 Å². The standard InChI is InChI=1S/C23H24N4O3/c1-14-24-19-8-7-15(10-21(19)26(14)2)23(29)27-11-16(18-5-3-4-6-20(18)27)9-17-12-30-13-22(28)25-17/h3-8,10,16-17H,9,11-13H2,1-2H3,(H,25,28). The summed E-state index contributed by atoms with van der Waals surface area (Å²) in [5.74, 6) is 0.970. The van der Waals surface area contributed by atoms with E-state index in [9.17, 15) is 9.59 Å². The molecule has 7 heteroatoms. The number of imidazole rings is 1. The van der Waals surface area contributed by atoms with Gasteiger partial charge in [0.2, 0.25) is 5.91 Å². The third-order valence-electron chi connectivity index (χ3n) is 6.15. The van der Waals surface area contributed by atoms with E-state index in [2.05, 4.69) is 16.4 Å². The fraction of sp³-hybridized carbons (Fsp3) is 0.348. The molecule has 0 bridgehead atoms. The number of ether oxygens (including phenoxy) is 1. The second-order valence-corrected chi connectivity index (χ2v) is 8.11. The summed E-state index contributed by atoms with van der Waals surface area (Å²) in [5.41, 5.74) is 4.57. The minimum Gasteiger partial charge on any atom is -0.370 e. The van der Waals surface area contributed by atoms with Gasteiger partial charge in [-0.05, 0) is 43.2 Å². The third kappa shape index (κ3) is 3.15. The number of benzene rings is 2. The van der Waals surface area contributed by atoms with Crippen molar-refractivity contribution in [3.63, 3.8) is 0 Å². The molecule has 2 aromatic carbocycles. The van der Waals surface area contributed by atoms with Gasteiger partial charge in [0.15, 0.2) is 0 Å². The number of nitrogens with zero attached hydrogens (tertiary/aromatic N) is 3. The predicted octanol–water partition coefficient (Wildman–Crippen LogP) is 2.53. The Labute approximate surface area is 174 Å². The summed E-state index contributed by atoms with van der Waals surface area (Å²) in [6.07, 6.45) is 0.743. The molecule has 7 nitrogen and oxygen atoms in total. The molecule has 2 aliphatic heterocycles. The van der Waals surface area contributed by atoms with E-state index in [1.54, 1.807) is 0 Å². The summed E-state index contributed by atoms with van der Waals surface area (Å²) < 4.78 is 7.39. The van der Waals surface area contributed by atoms with Crippen LogP contribution in [-0.2, 0) is 16.6 Å². The van der Waals surface area contributed by atoms with Crippen molar-refractivity contribution in [2.45, 2.75) is 25.3 Å². The summed E-state index contributed by atoms with van der Waals surface area (Å²) in [5, 5.41) is 3.00. The number of carbonyl (C=O) groups is 2. The fourth-order valence-electron chi connectivity index (χ4n) is 4.56. The lowest BCUT2D eigenvalue weighted by Crippen LogP contribution is -2.46. The van der Waals surface area contributed by atoms with Crippen molar-refractivity contribution in [1.29, 1.82) is 0 Å². The molecule has 2 atom stereocenters. The Morgan fingerprint density at radius 3 is 2.93 bits per heavy atom. The van der Waals surface area contributed by atoms with Crippen LogP contribution < -0.4 is 10.2 Å². The zero-order chi connectivity index (χ0) is 20.8. The smallest absolute Gasteiger partial charge is 0.258 e. The number of amides is 2. The minimum absolute atomic E-state index is 0.0189.